The molecule has 124 valence electrons. The molecule has 0 aliphatic carbocycles. The lowest BCUT2D eigenvalue weighted by Gasteiger charge is -2.38. The van der Waals surface area contributed by atoms with Crippen LogP contribution in [0.25, 0.3) is 0 Å². The minimum Gasteiger partial charge on any atom is -0.246 e. The van der Waals surface area contributed by atoms with Crippen molar-refractivity contribution < 1.29 is 19.0 Å². The second-order valence-electron chi connectivity index (χ2n) is 5.72. The Hall–Kier alpha value is -2.10. The first-order chi connectivity index (χ1) is 10.7. The maximum Gasteiger partial charge on any atom is 0.406 e. The Kier molecular flexibility index (Phi) is 4.64. The fraction of sp³-hybridized carbons (Fsp3) is 0.263. The Morgan fingerprint density at radius 2 is 1.22 bits per heavy atom. The van der Waals surface area contributed by atoms with Crippen LogP contribution in [-0.2, 0) is 5.41 Å². The first kappa shape index (κ1) is 17.3. The predicted octanol–water partition coefficient (Wildman–Crippen LogP) is 5.92. The molecule has 0 nitrogen and oxygen atoms in total. The van der Waals surface area contributed by atoms with Gasteiger partial charge in [-0.25, -0.2) is 4.39 Å². The summed E-state index contributed by atoms with van der Waals surface area (Å²) in [5, 5.41) is 0. The largest absolute Gasteiger partial charge is 0.406 e. The molecule has 0 spiro atoms. The van der Waals surface area contributed by atoms with Crippen LogP contribution in [0.5, 0.6) is 0 Å². The number of benzene rings is 2. The van der Waals surface area contributed by atoms with Crippen LogP contribution in [0.2, 0.25) is 0 Å². The van der Waals surface area contributed by atoms with Gasteiger partial charge in [0, 0.05) is 1.43 Å². The average Bonchev–Trinajstić information content (AvgIpc) is 2.49. The van der Waals surface area contributed by atoms with E-state index < -0.39 is 23.8 Å². The van der Waals surface area contributed by atoms with E-state index in [9.17, 15) is 17.6 Å². The van der Waals surface area contributed by atoms with Crippen molar-refractivity contribution >= 4 is 0 Å². The van der Waals surface area contributed by atoms with Crippen molar-refractivity contribution in [1.82, 2.24) is 0 Å². The van der Waals surface area contributed by atoms with Crippen LogP contribution in [0.4, 0.5) is 17.6 Å². The van der Waals surface area contributed by atoms with Gasteiger partial charge in [0.25, 0.3) is 0 Å². The van der Waals surface area contributed by atoms with Gasteiger partial charge in [-0.3, -0.25) is 0 Å². The topological polar surface area (TPSA) is 0 Å². The van der Waals surface area contributed by atoms with Crippen molar-refractivity contribution in [3.63, 3.8) is 0 Å². The van der Waals surface area contributed by atoms with Gasteiger partial charge in [0.1, 0.15) is 12.1 Å². The molecule has 2 rings (SSSR count). The highest BCUT2D eigenvalue weighted by molar-refractivity contribution is 5.51. The normalized spacial score (nSPS) is 12.3. The van der Waals surface area contributed by atoms with Gasteiger partial charge in [-0.2, -0.15) is 13.2 Å². The standard InChI is InChI=1S/C19H18F4.H2/c1-13-4-8-16(9-5-13)18(15(3)12-20,19(21,22)23)17-10-6-14(2)7-11-17;/h4-11H,3,12H2,1-2H3;1H. The summed E-state index contributed by atoms with van der Waals surface area (Å²) in [4.78, 5) is 0. The number of hydrogen-bond donors (Lipinski definition) is 0. The van der Waals surface area contributed by atoms with Gasteiger partial charge in [0.2, 0.25) is 0 Å². The van der Waals surface area contributed by atoms with Crippen LogP contribution < -0.4 is 0 Å². The number of hydrogen-bond acceptors (Lipinski definition) is 0. The van der Waals surface area contributed by atoms with E-state index >= 15 is 0 Å². The van der Waals surface area contributed by atoms with Crippen LogP contribution in [-0.4, -0.2) is 12.9 Å². The molecule has 0 N–H and O–H groups in total. The third kappa shape index (κ3) is 2.90. The highest BCUT2D eigenvalue weighted by Gasteiger charge is 2.58. The monoisotopic (exact) mass is 324 g/mol. The summed E-state index contributed by atoms with van der Waals surface area (Å²) in [5.41, 5.74) is -1.45. The lowest BCUT2D eigenvalue weighted by atomic mass is 9.69. The van der Waals surface area contributed by atoms with Gasteiger partial charge >= 0.3 is 6.18 Å². The smallest absolute Gasteiger partial charge is 0.246 e. The first-order valence-corrected chi connectivity index (χ1v) is 7.18. The van der Waals surface area contributed by atoms with Crippen LogP contribution in [0.3, 0.4) is 0 Å². The summed E-state index contributed by atoms with van der Waals surface area (Å²) in [7, 11) is 0. The van der Waals surface area contributed by atoms with E-state index in [1.54, 1.807) is 38.1 Å². The number of allylic oxidation sites excluding steroid dienone is 1. The molecule has 0 unspecified atom stereocenters. The zero-order valence-electron chi connectivity index (χ0n) is 13.0. The van der Waals surface area contributed by atoms with Gasteiger partial charge in [-0.05, 0) is 30.5 Å². The zero-order valence-corrected chi connectivity index (χ0v) is 13.0. The SMILES string of the molecule is C=C(CF)C(c1ccc(C)cc1)(c1ccc(C)cc1)C(F)(F)F.[HH]. The van der Waals surface area contributed by atoms with Gasteiger partial charge < -0.3 is 0 Å². The number of alkyl halides is 4. The van der Waals surface area contributed by atoms with E-state index in [2.05, 4.69) is 6.58 Å². The van der Waals surface area contributed by atoms with Crippen LogP contribution in [0.15, 0.2) is 60.7 Å². The van der Waals surface area contributed by atoms with Crippen molar-refractivity contribution in [3.05, 3.63) is 82.9 Å². The third-order valence-electron chi connectivity index (χ3n) is 4.09. The fourth-order valence-corrected chi connectivity index (χ4v) is 2.81. The Balaban J connectivity index is 0.00000288. The predicted molar refractivity (Wildman–Crippen MR) is 86.4 cm³/mol. The summed E-state index contributed by atoms with van der Waals surface area (Å²) in [6.45, 7) is 5.74. The highest BCUT2D eigenvalue weighted by Crippen LogP contribution is 2.51. The van der Waals surface area contributed by atoms with E-state index in [1.807, 2.05) is 0 Å². The zero-order chi connectivity index (χ0) is 17.3. The molecule has 0 saturated carbocycles. The van der Waals surface area contributed by atoms with E-state index in [0.29, 0.717) is 0 Å². The summed E-state index contributed by atoms with van der Waals surface area (Å²) in [5.74, 6) is 0. The Labute approximate surface area is 135 Å². The van der Waals surface area contributed by atoms with Crippen molar-refractivity contribution in [3.8, 4) is 0 Å². The van der Waals surface area contributed by atoms with Crippen LogP contribution in [0, 0.1) is 13.8 Å². The molecule has 2 aromatic rings. The second-order valence-corrected chi connectivity index (χ2v) is 5.72. The number of halogens is 4. The first-order valence-electron chi connectivity index (χ1n) is 7.18. The van der Waals surface area contributed by atoms with Crippen LogP contribution in [0.1, 0.15) is 23.7 Å². The summed E-state index contributed by atoms with van der Waals surface area (Å²) < 4.78 is 55.8. The molecule has 2 aromatic carbocycles. The minimum absolute atomic E-state index is 0. The summed E-state index contributed by atoms with van der Waals surface area (Å²) >= 11 is 0. The molecule has 4 heteroatoms. The maximum atomic E-state index is 14.2. The van der Waals surface area contributed by atoms with Crippen molar-refractivity contribution in [1.29, 1.82) is 0 Å². The average molecular weight is 324 g/mol. The molecule has 23 heavy (non-hydrogen) atoms. The molecule has 0 saturated heterocycles. The second kappa shape index (κ2) is 6.19. The molecule has 0 aromatic heterocycles. The van der Waals surface area contributed by atoms with E-state index in [4.69, 9.17) is 0 Å². The lowest BCUT2D eigenvalue weighted by Crippen LogP contribution is -2.45. The van der Waals surface area contributed by atoms with Gasteiger partial charge in [-0.1, -0.05) is 66.2 Å². The van der Waals surface area contributed by atoms with Crippen molar-refractivity contribution in [2.45, 2.75) is 25.4 Å². The Bertz CT molecular complexity index is 639. The summed E-state index contributed by atoms with van der Waals surface area (Å²) in [6, 6.07) is 11.9. The number of rotatable bonds is 4. The summed E-state index contributed by atoms with van der Waals surface area (Å²) in [6.07, 6.45) is -4.71. The van der Waals surface area contributed by atoms with E-state index in [-0.39, 0.29) is 12.6 Å². The Morgan fingerprint density at radius 1 is 0.870 bits per heavy atom. The molecule has 0 aliphatic heterocycles. The van der Waals surface area contributed by atoms with Crippen molar-refractivity contribution in [2.24, 2.45) is 0 Å². The van der Waals surface area contributed by atoms with Crippen LogP contribution >= 0.6 is 0 Å². The quantitative estimate of drug-likeness (QED) is 0.483. The Morgan fingerprint density at radius 3 is 1.48 bits per heavy atom. The fourth-order valence-electron chi connectivity index (χ4n) is 2.81. The molecule has 0 heterocycles. The van der Waals surface area contributed by atoms with Crippen molar-refractivity contribution in [2.75, 3.05) is 6.67 Å². The van der Waals surface area contributed by atoms with Gasteiger partial charge in [-0.15, -0.1) is 0 Å². The molecule has 0 aliphatic rings. The third-order valence-corrected chi connectivity index (χ3v) is 4.09. The lowest BCUT2D eigenvalue weighted by molar-refractivity contribution is -0.168. The van der Waals surface area contributed by atoms with Gasteiger partial charge in [0.05, 0.1) is 0 Å². The molecule has 0 bridgehead atoms. The molecule has 0 amide bonds. The molecular formula is C19H20F4. The van der Waals surface area contributed by atoms with E-state index in [1.165, 1.54) is 24.3 Å². The highest BCUT2D eigenvalue weighted by atomic mass is 19.4. The molecule has 0 fully saturated rings. The molecule has 0 radical (unpaired) electrons. The molecule has 0 atom stereocenters. The van der Waals surface area contributed by atoms with Gasteiger partial charge in [0.15, 0.2) is 0 Å². The minimum atomic E-state index is -4.71. The maximum absolute atomic E-state index is 14.2. The number of aryl methyl sites for hydroxylation is 2. The van der Waals surface area contributed by atoms with E-state index in [0.717, 1.165) is 11.1 Å². The molecular weight excluding hydrogens is 304 g/mol.